The second-order valence-corrected chi connectivity index (χ2v) is 2.47. The van der Waals surface area contributed by atoms with Crippen LogP contribution in [0, 0.1) is 0 Å². The Kier molecular flexibility index (Phi) is 5.85. The van der Waals surface area contributed by atoms with Crippen molar-refractivity contribution in [3.63, 3.8) is 0 Å². The van der Waals surface area contributed by atoms with E-state index >= 15 is 0 Å². The van der Waals surface area contributed by atoms with Crippen LogP contribution in [0.25, 0.3) is 0 Å². The second kappa shape index (κ2) is 6.71. The topological polar surface area (TPSA) is 66.8 Å². The Bertz CT molecular complexity index is 254. The molecule has 0 aromatic rings. The Balaban J connectivity index is 0.000000364. The number of aliphatic carboxylic acids is 1. The monoisotopic (exact) mass is 199 g/mol. The van der Waals surface area contributed by atoms with E-state index in [0.29, 0.717) is 6.54 Å². The van der Waals surface area contributed by atoms with Crippen LogP contribution in [0.15, 0.2) is 24.4 Å². The van der Waals surface area contributed by atoms with Crippen LogP contribution in [0.4, 0.5) is 0 Å². The normalized spacial score (nSPS) is 12.9. The summed E-state index contributed by atoms with van der Waals surface area (Å²) in [5.41, 5.74) is 0. The van der Waals surface area contributed by atoms with Crippen molar-refractivity contribution in [2.45, 2.75) is 13.8 Å². The Hall–Kier alpha value is -1.78. The van der Waals surface area contributed by atoms with E-state index in [4.69, 9.17) is 14.7 Å². The lowest BCUT2D eigenvalue weighted by atomic mass is 10.4. The Morgan fingerprint density at radius 1 is 1.36 bits per heavy atom. The molecule has 78 valence electrons. The van der Waals surface area contributed by atoms with Crippen LogP contribution < -0.4 is 0 Å². The molecule has 14 heavy (non-hydrogen) atoms. The summed E-state index contributed by atoms with van der Waals surface area (Å²) in [7, 11) is 0. The Labute approximate surface area is 82.2 Å². The molecule has 1 aliphatic heterocycles. The Morgan fingerprint density at radius 3 is 2.29 bits per heavy atom. The molecule has 0 amide bonds. The molecule has 0 radical (unpaired) electrons. The van der Waals surface area contributed by atoms with Crippen LogP contribution in [0.2, 0.25) is 0 Å². The van der Waals surface area contributed by atoms with Crippen LogP contribution in [0.1, 0.15) is 13.8 Å². The standard InChI is InChI=1S/C7H9NO2.C2H4O2/c1-7(9)10-8-5-3-2-4-6-8;1-2(3)4/h2-5H,6H2,1H3;1H3,(H,3,4). The zero-order valence-electron chi connectivity index (χ0n) is 8.14. The summed E-state index contributed by atoms with van der Waals surface area (Å²) < 4.78 is 0. The summed E-state index contributed by atoms with van der Waals surface area (Å²) in [5, 5.41) is 8.89. The van der Waals surface area contributed by atoms with Gasteiger partial charge >= 0.3 is 5.97 Å². The summed E-state index contributed by atoms with van der Waals surface area (Å²) in [6, 6.07) is 0. The number of carbonyl (C=O) groups is 2. The van der Waals surface area contributed by atoms with E-state index in [9.17, 15) is 4.79 Å². The van der Waals surface area contributed by atoms with E-state index in [2.05, 4.69) is 0 Å². The number of hydroxylamine groups is 2. The zero-order chi connectivity index (χ0) is 11.0. The lowest BCUT2D eigenvalue weighted by Crippen LogP contribution is -2.21. The van der Waals surface area contributed by atoms with Gasteiger partial charge in [0.25, 0.3) is 5.97 Å². The van der Waals surface area contributed by atoms with E-state index in [1.54, 1.807) is 6.20 Å². The predicted octanol–water partition coefficient (Wildman–Crippen LogP) is 0.941. The number of carboxylic acid groups (broad SMARTS) is 1. The molecule has 1 rings (SSSR count). The second-order valence-electron chi connectivity index (χ2n) is 2.47. The van der Waals surface area contributed by atoms with Gasteiger partial charge in [0.2, 0.25) is 0 Å². The van der Waals surface area contributed by atoms with Crippen molar-refractivity contribution in [1.82, 2.24) is 5.06 Å². The van der Waals surface area contributed by atoms with Crippen molar-refractivity contribution in [2.24, 2.45) is 0 Å². The van der Waals surface area contributed by atoms with Gasteiger partial charge < -0.3 is 9.94 Å². The quantitative estimate of drug-likeness (QED) is 0.680. The van der Waals surface area contributed by atoms with Crippen LogP contribution >= 0.6 is 0 Å². The van der Waals surface area contributed by atoms with Crippen LogP contribution in [-0.2, 0) is 14.4 Å². The molecule has 0 spiro atoms. The molecular weight excluding hydrogens is 186 g/mol. The first-order valence-corrected chi connectivity index (χ1v) is 4.00. The number of hydrogen-bond donors (Lipinski definition) is 1. The van der Waals surface area contributed by atoms with E-state index in [1.165, 1.54) is 12.0 Å². The maximum atomic E-state index is 10.4. The molecule has 0 aromatic carbocycles. The van der Waals surface area contributed by atoms with Gasteiger partial charge in [0.05, 0.1) is 6.54 Å². The van der Waals surface area contributed by atoms with Crippen LogP contribution in [0.3, 0.4) is 0 Å². The molecule has 1 aliphatic rings. The molecule has 0 bridgehead atoms. The van der Waals surface area contributed by atoms with Crippen molar-refractivity contribution in [1.29, 1.82) is 0 Å². The fourth-order valence-corrected chi connectivity index (χ4v) is 0.683. The van der Waals surface area contributed by atoms with Gasteiger partial charge in [-0.15, -0.1) is 0 Å². The van der Waals surface area contributed by atoms with Gasteiger partial charge in [-0.2, -0.15) is 0 Å². The first-order valence-electron chi connectivity index (χ1n) is 4.00. The summed E-state index contributed by atoms with van der Waals surface area (Å²) in [6.07, 6.45) is 7.33. The largest absolute Gasteiger partial charge is 0.481 e. The summed E-state index contributed by atoms with van der Waals surface area (Å²) in [4.78, 5) is 24.1. The molecule has 0 saturated heterocycles. The molecule has 0 atom stereocenters. The average Bonchev–Trinajstić information content (AvgIpc) is 2.03. The highest BCUT2D eigenvalue weighted by Crippen LogP contribution is 1.98. The van der Waals surface area contributed by atoms with E-state index in [-0.39, 0.29) is 5.97 Å². The van der Waals surface area contributed by atoms with E-state index in [0.717, 1.165) is 6.92 Å². The molecule has 1 N–H and O–H groups in total. The zero-order valence-corrected chi connectivity index (χ0v) is 8.14. The van der Waals surface area contributed by atoms with Crippen LogP contribution in [0.5, 0.6) is 0 Å². The number of allylic oxidation sites excluding steroid dienone is 2. The first kappa shape index (κ1) is 12.2. The lowest BCUT2D eigenvalue weighted by molar-refractivity contribution is -0.173. The molecular formula is C9H13NO4. The van der Waals surface area contributed by atoms with Crippen LogP contribution in [-0.4, -0.2) is 28.7 Å². The number of rotatable bonds is 1. The first-order chi connectivity index (χ1) is 6.52. The maximum Gasteiger partial charge on any atom is 0.329 e. The van der Waals surface area contributed by atoms with Gasteiger partial charge in [0.1, 0.15) is 0 Å². The summed E-state index contributed by atoms with van der Waals surface area (Å²) in [5.74, 6) is -1.13. The molecule has 5 heteroatoms. The fraction of sp³-hybridized carbons (Fsp3) is 0.333. The van der Waals surface area contributed by atoms with Gasteiger partial charge in [-0.05, 0) is 6.08 Å². The minimum absolute atomic E-state index is 0.292. The number of carboxylic acids is 1. The van der Waals surface area contributed by atoms with Gasteiger partial charge in [-0.25, -0.2) is 5.06 Å². The van der Waals surface area contributed by atoms with E-state index < -0.39 is 5.97 Å². The molecule has 0 saturated carbocycles. The number of hydrogen-bond acceptors (Lipinski definition) is 4. The molecule has 0 aliphatic carbocycles. The highest BCUT2D eigenvalue weighted by atomic mass is 16.7. The maximum absolute atomic E-state index is 10.4. The van der Waals surface area contributed by atoms with Crippen molar-refractivity contribution < 1.29 is 19.5 Å². The van der Waals surface area contributed by atoms with E-state index in [1.807, 2.05) is 18.2 Å². The highest BCUT2D eigenvalue weighted by Gasteiger charge is 2.01. The molecule has 0 aromatic heterocycles. The molecule has 0 unspecified atom stereocenters. The predicted molar refractivity (Wildman–Crippen MR) is 50.1 cm³/mol. The summed E-state index contributed by atoms with van der Waals surface area (Å²) in [6.45, 7) is 3.10. The average molecular weight is 199 g/mol. The third kappa shape index (κ3) is 8.32. The lowest BCUT2D eigenvalue weighted by Gasteiger charge is -2.17. The summed E-state index contributed by atoms with van der Waals surface area (Å²) >= 11 is 0. The number of carbonyl (C=O) groups excluding carboxylic acids is 1. The minimum atomic E-state index is -0.833. The van der Waals surface area contributed by atoms with Gasteiger partial charge in [-0.1, -0.05) is 12.2 Å². The fourth-order valence-electron chi connectivity index (χ4n) is 0.683. The minimum Gasteiger partial charge on any atom is -0.481 e. The van der Waals surface area contributed by atoms with Crippen molar-refractivity contribution >= 4 is 11.9 Å². The molecule has 5 nitrogen and oxygen atoms in total. The highest BCUT2D eigenvalue weighted by molar-refractivity contribution is 5.65. The molecule has 0 fully saturated rings. The Morgan fingerprint density at radius 2 is 1.93 bits per heavy atom. The smallest absolute Gasteiger partial charge is 0.329 e. The van der Waals surface area contributed by atoms with Gasteiger partial charge in [0.15, 0.2) is 0 Å². The van der Waals surface area contributed by atoms with Crippen molar-refractivity contribution in [3.05, 3.63) is 24.4 Å². The van der Waals surface area contributed by atoms with Crippen molar-refractivity contribution in [2.75, 3.05) is 6.54 Å². The molecule has 1 heterocycles. The third-order valence-corrected chi connectivity index (χ3v) is 1.03. The van der Waals surface area contributed by atoms with Crippen molar-refractivity contribution in [3.8, 4) is 0 Å². The number of nitrogens with zero attached hydrogens (tertiary/aromatic N) is 1. The van der Waals surface area contributed by atoms with Gasteiger partial charge in [0, 0.05) is 20.0 Å². The van der Waals surface area contributed by atoms with Gasteiger partial charge in [-0.3, -0.25) is 9.59 Å². The third-order valence-electron chi connectivity index (χ3n) is 1.03. The SMILES string of the molecule is CC(=O)O.CC(=O)ON1C=CC=CC1.